The molecule has 1 N–H and O–H groups in total. The van der Waals surface area contributed by atoms with Crippen LogP contribution in [0.2, 0.25) is 0 Å². The van der Waals surface area contributed by atoms with Gasteiger partial charge in [-0.2, -0.15) is 0 Å². The van der Waals surface area contributed by atoms with E-state index in [1.165, 1.54) is 16.9 Å². The normalized spacial score (nSPS) is 15.7. The first kappa shape index (κ1) is 20.4. The molecule has 32 heavy (non-hydrogen) atoms. The molecule has 0 radical (unpaired) electrons. The number of hydrogen-bond donors (Lipinski definition) is 1. The number of aryl methyl sites for hydroxylation is 1. The maximum atomic E-state index is 12.8. The highest BCUT2D eigenvalue weighted by atomic mass is 32.1. The number of benzene rings is 2. The number of amides is 1. The number of anilines is 2. The minimum absolute atomic E-state index is 0.196. The second-order valence-electron chi connectivity index (χ2n) is 7.91. The fourth-order valence-electron chi connectivity index (χ4n) is 4.24. The highest BCUT2D eigenvalue weighted by Crippen LogP contribution is 2.35. The van der Waals surface area contributed by atoms with Crippen molar-refractivity contribution in [2.75, 3.05) is 16.8 Å². The van der Waals surface area contributed by atoms with Crippen LogP contribution in [0.1, 0.15) is 39.7 Å². The SMILES string of the molecule is Cc1sc(NC(=O)c2ccc(N3CCCC3c3ccccc3)nc2)nc1-c1ccccc1. The van der Waals surface area contributed by atoms with Crippen molar-refractivity contribution in [2.24, 2.45) is 0 Å². The van der Waals surface area contributed by atoms with E-state index in [0.29, 0.717) is 16.7 Å². The molecule has 0 spiro atoms. The summed E-state index contributed by atoms with van der Waals surface area (Å²) >= 11 is 1.48. The number of nitrogens with one attached hydrogen (secondary N) is 1. The summed E-state index contributed by atoms with van der Waals surface area (Å²) in [6, 6.07) is 24.7. The van der Waals surface area contributed by atoms with Crippen LogP contribution in [0.5, 0.6) is 0 Å². The zero-order valence-electron chi connectivity index (χ0n) is 17.9. The molecule has 3 heterocycles. The maximum Gasteiger partial charge on any atom is 0.259 e. The average Bonchev–Trinajstić information content (AvgIpc) is 3.47. The second kappa shape index (κ2) is 8.93. The Hall–Kier alpha value is -3.51. The van der Waals surface area contributed by atoms with Crippen molar-refractivity contribution in [1.82, 2.24) is 9.97 Å². The molecule has 1 atom stereocenters. The first-order valence-corrected chi connectivity index (χ1v) is 11.6. The fourth-order valence-corrected chi connectivity index (χ4v) is 5.07. The Morgan fingerprint density at radius 3 is 2.50 bits per heavy atom. The molecule has 4 aromatic rings. The lowest BCUT2D eigenvalue weighted by molar-refractivity contribution is 0.102. The topological polar surface area (TPSA) is 58.1 Å². The number of hydrogen-bond acceptors (Lipinski definition) is 5. The Bertz CT molecular complexity index is 1210. The standard InChI is InChI=1S/C26H24N4OS/c1-18-24(20-11-6-3-7-12-20)28-26(32-18)29-25(31)21-14-15-23(27-17-21)30-16-8-13-22(30)19-9-4-2-5-10-19/h2-7,9-12,14-15,17,22H,8,13,16H2,1H3,(H,28,29,31). The van der Waals surface area contributed by atoms with Gasteiger partial charge in [0.2, 0.25) is 0 Å². The molecular weight excluding hydrogens is 416 g/mol. The molecule has 5 nitrogen and oxygen atoms in total. The average molecular weight is 441 g/mol. The van der Waals surface area contributed by atoms with Gasteiger partial charge in [0.25, 0.3) is 5.91 Å². The number of carbonyl (C=O) groups excluding carboxylic acids is 1. The lowest BCUT2D eigenvalue weighted by atomic mass is 10.0. The molecular formula is C26H24N4OS. The molecule has 0 aliphatic carbocycles. The van der Waals surface area contributed by atoms with E-state index in [1.807, 2.05) is 55.5 Å². The Labute approximate surface area is 191 Å². The molecule has 1 aliphatic heterocycles. The van der Waals surface area contributed by atoms with Crippen LogP contribution < -0.4 is 10.2 Å². The molecule has 1 saturated heterocycles. The summed E-state index contributed by atoms with van der Waals surface area (Å²) in [7, 11) is 0. The molecule has 0 saturated carbocycles. The van der Waals surface area contributed by atoms with Crippen LogP contribution in [0.3, 0.4) is 0 Å². The summed E-state index contributed by atoms with van der Waals surface area (Å²) in [6.07, 6.45) is 3.90. The second-order valence-corrected chi connectivity index (χ2v) is 9.11. The van der Waals surface area contributed by atoms with Gasteiger partial charge in [-0.15, -0.1) is 11.3 Å². The molecule has 160 valence electrons. The van der Waals surface area contributed by atoms with Gasteiger partial charge in [-0.1, -0.05) is 60.7 Å². The van der Waals surface area contributed by atoms with Crippen molar-refractivity contribution < 1.29 is 4.79 Å². The number of carbonyl (C=O) groups is 1. The monoisotopic (exact) mass is 440 g/mol. The van der Waals surface area contributed by atoms with Crippen LogP contribution in [0.25, 0.3) is 11.3 Å². The van der Waals surface area contributed by atoms with Crippen molar-refractivity contribution >= 4 is 28.2 Å². The minimum Gasteiger partial charge on any atom is -0.350 e. The highest BCUT2D eigenvalue weighted by molar-refractivity contribution is 7.16. The molecule has 1 fully saturated rings. The summed E-state index contributed by atoms with van der Waals surface area (Å²) < 4.78 is 0. The van der Waals surface area contributed by atoms with Crippen LogP contribution in [0, 0.1) is 6.92 Å². The summed E-state index contributed by atoms with van der Waals surface area (Å²) in [4.78, 5) is 25.4. The molecule has 2 aromatic carbocycles. The van der Waals surface area contributed by atoms with Gasteiger partial charge >= 0.3 is 0 Å². The number of nitrogens with zero attached hydrogens (tertiary/aromatic N) is 3. The molecule has 1 amide bonds. The smallest absolute Gasteiger partial charge is 0.259 e. The van der Waals surface area contributed by atoms with E-state index in [1.54, 1.807) is 6.20 Å². The molecule has 6 heteroatoms. The predicted octanol–water partition coefficient (Wildman–Crippen LogP) is 6.11. The van der Waals surface area contributed by atoms with Gasteiger partial charge in [-0.25, -0.2) is 9.97 Å². The van der Waals surface area contributed by atoms with Gasteiger partial charge in [0.1, 0.15) is 5.82 Å². The van der Waals surface area contributed by atoms with Gasteiger partial charge in [0.05, 0.1) is 17.3 Å². The first-order valence-electron chi connectivity index (χ1n) is 10.8. The van der Waals surface area contributed by atoms with Gasteiger partial charge < -0.3 is 4.90 Å². The van der Waals surface area contributed by atoms with Crippen LogP contribution in [-0.2, 0) is 0 Å². The molecule has 1 aliphatic rings. The van der Waals surface area contributed by atoms with Crippen LogP contribution in [0.4, 0.5) is 10.9 Å². The lowest BCUT2D eigenvalue weighted by Crippen LogP contribution is -2.23. The largest absolute Gasteiger partial charge is 0.350 e. The lowest BCUT2D eigenvalue weighted by Gasteiger charge is -2.26. The maximum absolute atomic E-state index is 12.8. The van der Waals surface area contributed by atoms with Crippen LogP contribution in [-0.4, -0.2) is 22.4 Å². The number of pyridine rings is 1. The van der Waals surface area contributed by atoms with E-state index in [4.69, 9.17) is 0 Å². The molecule has 2 aromatic heterocycles. The minimum atomic E-state index is -0.196. The van der Waals surface area contributed by atoms with Gasteiger partial charge in [-0.3, -0.25) is 10.1 Å². The van der Waals surface area contributed by atoms with E-state index >= 15 is 0 Å². The van der Waals surface area contributed by atoms with Crippen molar-refractivity contribution in [1.29, 1.82) is 0 Å². The zero-order valence-corrected chi connectivity index (χ0v) is 18.7. The van der Waals surface area contributed by atoms with Crippen LogP contribution >= 0.6 is 11.3 Å². The number of thiazole rings is 1. The number of aromatic nitrogens is 2. The molecule has 1 unspecified atom stereocenters. The fraction of sp³-hybridized carbons (Fsp3) is 0.192. The Morgan fingerprint density at radius 1 is 1.03 bits per heavy atom. The summed E-state index contributed by atoms with van der Waals surface area (Å²) in [5.74, 6) is 0.711. The summed E-state index contributed by atoms with van der Waals surface area (Å²) in [6.45, 7) is 2.99. The van der Waals surface area contributed by atoms with Crippen LogP contribution in [0.15, 0.2) is 79.0 Å². The van der Waals surface area contributed by atoms with Gasteiger partial charge in [0, 0.05) is 23.2 Å². The first-order chi connectivity index (χ1) is 15.7. The molecule has 0 bridgehead atoms. The Kier molecular flexibility index (Phi) is 5.69. The number of rotatable bonds is 5. The third-order valence-electron chi connectivity index (χ3n) is 5.81. The van der Waals surface area contributed by atoms with Crippen molar-refractivity contribution in [3.05, 3.63) is 95.0 Å². The third kappa shape index (κ3) is 4.14. The van der Waals surface area contributed by atoms with Crippen molar-refractivity contribution in [2.45, 2.75) is 25.8 Å². The quantitative estimate of drug-likeness (QED) is 0.407. The Morgan fingerprint density at radius 2 is 1.78 bits per heavy atom. The van der Waals surface area contributed by atoms with Gasteiger partial charge in [0.15, 0.2) is 5.13 Å². The zero-order chi connectivity index (χ0) is 21.9. The van der Waals surface area contributed by atoms with Crippen molar-refractivity contribution in [3.8, 4) is 11.3 Å². The van der Waals surface area contributed by atoms with E-state index in [0.717, 1.165) is 41.3 Å². The summed E-state index contributed by atoms with van der Waals surface area (Å²) in [5, 5.41) is 3.52. The van der Waals surface area contributed by atoms with E-state index < -0.39 is 0 Å². The highest BCUT2D eigenvalue weighted by Gasteiger charge is 2.27. The summed E-state index contributed by atoms with van der Waals surface area (Å²) in [5.41, 5.74) is 3.78. The van der Waals surface area contributed by atoms with E-state index in [9.17, 15) is 4.79 Å². The predicted molar refractivity (Wildman–Crippen MR) is 130 cm³/mol. The Balaban J connectivity index is 1.30. The van der Waals surface area contributed by atoms with E-state index in [2.05, 4.69) is 44.5 Å². The molecule has 5 rings (SSSR count). The van der Waals surface area contributed by atoms with Gasteiger partial charge in [-0.05, 0) is 37.5 Å². The van der Waals surface area contributed by atoms with Crippen molar-refractivity contribution in [3.63, 3.8) is 0 Å². The van der Waals surface area contributed by atoms with E-state index in [-0.39, 0.29) is 5.91 Å². The third-order valence-corrected chi connectivity index (χ3v) is 6.69.